The van der Waals surface area contributed by atoms with Crippen molar-refractivity contribution in [2.24, 2.45) is 5.92 Å². The molecule has 1 aliphatic carbocycles. The van der Waals surface area contributed by atoms with Crippen molar-refractivity contribution >= 4 is 11.6 Å². The van der Waals surface area contributed by atoms with Crippen molar-refractivity contribution in [3.05, 3.63) is 31.6 Å². The predicted octanol–water partition coefficient (Wildman–Crippen LogP) is 2.11. The van der Waals surface area contributed by atoms with Crippen LogP contribution in [-0.2, 0) is 6.42 Å². The monoisotopic (exact) mass is 256 g/mol. The molecule has 5 heteroatoms. The Hall–Kier alpha value is -1.03. The molecule has 0 radical (unpaired) electrons. The predicted molar refractivity (Wildman–Crippen MR) is 67.8 cm³/mol. The molecule has 1 heterocycles. The number of aromatic nitrogens is 2. The third-order valence-corrected chi connectivity index (χ3v) is 4.00. The van der Waals surface area contributed by atoms with Crippen molar-refractivity contribution in [2.45, 2.75) is 45.6 Å². The maximum absolute atomic E-state index is 12.2. The zero-order valence-corrected chi connectivity index (χ0v) is 10.9. The molecule has 94 valence electrons. The Morgan fingerprint density at radius 3 is 2.65 bits per heavy atom. The molecule has 2 atom stereocenters. The van der Waals surface area contributed by atoms with E-state index in [4.69, 9.17) is 11.6 Å². The number of nitrogens with zero attached hydrogens (tertiary/aromatic N) is 1. The van der Waals surface area contributed by atoms with E-state index >= 15 is 0 Å². The molecule has 1 N–H and O–H groups in total. The average Bonchev–Trinajstić information content (AvgIpc) is 2.65. The summed E-state index contributed by atoms with van der Waals surface area (Å²) in [6.07, 6.45) is 3.58. The first-order valence-electron chi connectivity index (χ1n) is 6.09. The van der Waals surface area contributed by atoms with Crippen LogP contribution in [0.1, 0.15) is 44.7 Å². The molecule has 0 amide bonds. The van der Waals surface area contributed by atoms with Crippen molar-refractivity contribution in [3.63, 3.8) is 0 Å². The minimum Gasteiger partial charge on any atom is -0.297 e. The van der Waals surface area contributed by atoms with E-state index in [0.29, 0.717) is 17.9 Å². The molecule has 0 saturated heterocycles. The first-order chi connectivity index (χ1) is 8.06. The smallest absolute Gasteiger partial charge is 0.297 e. The highest BCUT2D eigenvalue weighted by Gasteiger charge is 2.28. The molecule has 4 nitrogen and oxygen atoms in total. The van der Waals surface area contributed by atoms with E-state index in [2.05, 4.69) is 11.9 Å². The SMILES string of the molecule is CCc1c(Cl)[nH]c(=O)n(C2CCCC2C)c1=O. The molecule has 1 aromatic rings. The van der Waals surface area contributed by atoms with Crippen molar-refractivity contribution in [1.82, 2.24) is 9.55 Å². The van der Waals surface area contributed by atoms with Gasteiger partial charge in [0.25, 0.3) is 5.56 Å². The second-order valence-electron chi connectivity index (χ2n) is 4.73. The summed E-state index contributed by atoms with van der Waals surface area (Å²) >= 11 is 5.88. The molecule has 0 bridgehead atoms. The lowest BCUT2D eigenvalue weighted by molar-refractivity contribution is 0.381. The zero-order valence-electron chi connectivity index (χ0n) is 10.1. The van der Waals surface area contributed by atoms with E-state index in [9.17, 15) is 9.59 Å². The van der Waals surface area contributed by atoms with Gasteiger partial charge in [-0.3, -0.25) is 14.3 Å². The van der Waals surface area contributed by atoms with Gasteiger partial charge in [-0.1, -0.05) is 31.9 Å². The molecule has 0 spiro atoms. The second kappa shape index (κ2) is 4.69. The lowest BCUT2D eigenvalue weighted by atomic mass is 10.1. The van der Waals surface area contributed by atoms with Crippen LogP contribution in [0.2, 0.25) is 5.15 Å². The molecule has 2 rings (SSSR count). The summed E-state index contributed by atoms with van der Waals surface area (Å²) in [5.41, 5.74) is -0.0960. The Morgan fingerprint density at radius 1 is 1.41 bits per heavy atom. The average molecular weight is 257 g/mol. The largest absolute Gasteiger partial charge is 0.329 e. The Bertz CT molecular complexity index is 532. The molecule has 0 aromatic carbocycles. The summed E-state index contributed by atoms with van der Waals surface area (Å²) < 4.78 is 1.36. The van der Waals surface area contributed by atoms with Gasteiger partial charge in [0.15, 0.2) is 0 Å². The molecular weight excluding hydrogens is 240 g/mol. The van der Waals surface area contributed by atoms with Gasteiger partial charge in [-0.2, -0.15) is 0 Å². The Balaban J connectivity index is 2.61. The van der Waals surface area contributed by atoms with Crippen molar-refractivity contribution in [2.75, 3.05) is 0 Å². The zero-order chi connectivity index (χ0) is 12.6. The number of hydrogen-bond donors (Lipinski definition) is 1. The van der Waals surface area contributed by atoms with Crippen LogP contribution in [0.15, 0.2) is 9.59 Å². The van der Waals surface area contributed by atoms with E-state index in [0.717, 1.165) is 19.3 Å². The number of H-pyrrole nitrogens is 1. The Kier molecular flexibility index (Phi) is 3.43. The number of rotatable bonds is 2. The molecule has 17 heavy (non-hydrogen) atoms. The molecule has 2 unspecified atom stereocenters. The van der Waals surface area contributed by atoms with Gasteiger partial charge in [0.05, 0.1) is 5.56 Å². The van der Waals surface area contributed by atoms with E-state index in [1.807, 2.05) is 6.92 Å². The quantitative estimate of drug-likeness (QED) is 0.824. The van der Waals surface area contributed by atoms with Gasteiger partial charge in [-0.05, 0) is 25.2 Å². The van der Waals surface area contributed by atoms with Crippen LogP contribution in [0.5, 0.6) is 0 Å². The van der Waals surface area contributed by atoms with Gasteiger partial charge in [0, 0.05) is 6.04 Å². The summed E-state index contributed by atoms with van der Waals surface area (Å²) in [7, 11) is 0. The fourth-order valence-electron chi connectivity index (χ4n) is 2.68. The highest BCUT2D eigenvalue weighted by atomic mass is 35.5. The second-order valence-corrected chi connectivity index (χ2v) is 5.10. The number of halogens is 1. The van der Waals surface area contributed by atoms with E-state index in [1.165, 1.54) is 4.57 Å². The first kappa shape index (κ1) is 12.4. The minimum atomic E-state index is -0.379. The summed E-state index contributed by atoms with van der Waals surface area (Å²) in [4.78, 5) is 26.7. The number of aromatic amines is 1. The van der Waals surface area contributed by atoms with Gasteiger partial charge in [0.2, 0.25) is 0 Å². The van der Waals surface area contributed by atoms with Crippen LogP contribution in [0.4, 0.5) is 0 Å². The van der Waals surface area contributed by atoms with E-state index < -0.39 is 0 Å². The summed E-state index contributed by atoms with van der Waals surface area (Å²) in [6, 6.07) is 0.0221. The molecule has 1 fully saturated rings. The van der Waals surface area contributed by atoms with Crippen LogP contribution in [0, 0.1) is 5.92 Å². The highest BCUT2D eigenvalue weighted by Crippen LogP contribution is 2.33. The topological polar surface area (TPSA) is 54.9 Å². The van der Waals surface area contributed by atoms with Crippen molar-refractivity contribution < 1.29 is 0 Å². The van der Waals surface area contributed by atoms with E-state index in [-0.39, 0.29) is 22.4 Å². The minimum absolute atomic E-state index is 0.0221. The first-order valence-corrected chi connectivity index (χ1v) is 6.47. The van der Waals surface area contributed by atoms with Crippen molar-refractivity contribution in [3.8, 4) is 0 Å². The normalized spacial score (nSPS) is 24.2. The molecule has 1 aromatic heterocycles. The number of hydrogen-bond acceptors (Lipinski definition) is 2. The summed E-state index contributed by atoms with van der Waals surface area (Å²) in [5.74, 6) is 0.375. The van der Waals surface area contributed by atoms with Gasteiger partial charge in [-0.15, -0.1) is 0 Å². The van der Waals surface area contributed by atoms with Crippen LogP contribution in [0.25, 0.3) is 0 Å². The maximum atomic E-state index is 12.2. The third kappa shape index (κ3) is 2.06. The standard InChI is InChI=1S/C12H17ClN2O2/c1-3-8-10(13)14-12(17)15(11(8)16)9-6-4-5-7(9)2/h7,9H,3-6H2,1-2H3,(H,14,17). The van der Waals surface area contributed by atoms with Gasteiger partial charge in [-0.25, -0.2) is 4.79 Å². The molecule has 1 saturated carbocycles. The summed E-state index contributed by atoms with van der Waals surface area (Å²) in [6.45, 7) is 3.95. The van der Waals surface area contributed by atoms with Crippen LogP contribution < -0.4 is 11.2 Å². The highest BCUT2D eigenvalue weighted by molar-refractivity contribution is 6.30. The van der Waals surface area contributed by atoms with Gasteiger partial charge < -0.3 is 0 Å². The molecule has 0 aliphatic heterocycles. The lowest BCUT2D eigenvalue weighted by Crippen LogP contribution is -2.40. The molecular formula is C12H17ClN2O2. The van der Waals surface area contributed by atoms with Crippen molar-refractivity contribution in [1.29, 1.82) is 0 Å². The Labute approximate surface area is 105 Å². The third-order valence-electron chi connectivity index (χ3n) is 3.68. The fourth-order valence-corrected chi connectivity index (χ4v) is 2.97. The fraction of sp³-hybridized carbons (Fsp3) is 0.667. The Morgan fingerprint density at radius 2 is 2.12 bits per heavy atom. The maximum Gasteiger partial charge on any atom is 0.329 e. The van der Waals surface area contributed by atoms with Gasteiger partial charge >= 0.3 is 5.69 Å². The van der Waals surface area contributed by atoms with Crippen LogP contribution in [0.3, 0.4) is 0 Å². The van der Waals surface area contributed by atoms with Crippen LogP contribution in [-0.4, -0.2) is 9.55 Å². The number of nitrogens with one attached hydrogen (secondary N) is 1. The van der Waals surface area contributed by atoms with Gasteiger partial charge in [0.1, 0.15) is 5.15 Å². The van der Waals surface area contributed by atoms with E-state index in [1.54, 1.807) is 0 Å². The van der Waals surface area contributed by atoms with Crippen LogP contribution >= 0.6 is 11.6 Å². The lowest BCUT2D eigenvalue weighted by Gasteiger charge is -2.18. The summed E-state index contributed by atoms with van der Waals surface area (Å²) in [5, 5.41) is 0.185. The molecule has 1 aliphatic rings.